The number of nitrogens with zero attached hydrogens (tertiary/aromatic N) is 2. The summed E-state index contributed by atoms with van der Waals surface area (Å²) in [5.41, 5.74) is 0.388. The van der Waals surface area contributed by atoms with Gasteiger partial charge in [-0.05, 0) is 38.5 Å². The first-order valence-electron chi connectivity index (χ1n) is 7.38. The third-order valence-corrected chi connectivity index (χ3v) is 4.67. The van der Waals surface area contributed by atoms with Crippen LogP contribution in [0.2, 0.25) is 10.3 Å². The summed E-state index contributed by atoms with van der Waals surface area (Å²) in [5.74, 6) is 1.25. The van der Waals surface area contributed by atoms with Gasteiger partial charge < -0.3 is 4.74 Å². The van der Waals surface area contributed by atoms with E-state index in [0.717, 1.165) is 31.2 Å². The predicted molar refractivity (Wildman–Crippen MR) is 82.4 cm³/mol. The van der Waals surface area contributed by atoms with Crippen LogP contribution in [0, 0.1) is 5.92 Å². The lowest BCUT2D eigenvalue weighted by molar-refractivity contribution is -0.0881. The van der Waals surface area contributed by atoms with Gasteiger partial charge in [0.1, 0.15) is 15.9 Å². The Morgan fingerprint density at radius 1 is 1.25 bits per heavy atom. The van der Waals surface area contributed by atoms with Gasteiger partial charge in [0.2, 0.25) is 0 Å². The zero-order valence-corrected chi connectivity index (χ0v) is 13.9. The molecule has 0 bridgehead atoms. The molecule has 2 atom stereocenters. The van der Waals surface area contributed by atoms with Gasteiger partial charge in [-0.25, -0.2) is 9.97 Å². The van der Waals surface area contributed by atoms with Crippen molar-refractivity contribution in [3.8, 4) is 0 Å². The summed E-state index contributed by atoms with van der Waals surface area (Å²) in [7, 11) is 0. The maximum Gasteiger partial charge on any atom is 0.163 e. The van der Waals surface area contributed by atoms with E-state index in [1.54, 1.807) is 0 Å². The van der Waals surface area contributed by atoms with E-state index in [1.807, 2.05) is 13.8 Å². The summed E-state index contributed by atoms with van der Waals surface area (Å²) in [5, 5.41) is 0.916. The Bertz CT molecular complexity index is 454. The smallest absolute Gasteiger partial charge is 0.163 e. The Balaban J connectivity index is 2.44. The van der Waals surface area contributed by atoms with Crippen LogP contribution in [0.3, 0.4) is 0 Å². The second-order valence-electron chi connectivity index (χ2n) is 5.59. The zero-order chi connectivity index (χ0) is 14.8. The Morgan fingerprint density at radius 2 is 1.90 bits per heavy atom. The van der Waals surface area contributed by atoms with Crippen molar-refractivity contribution in [2.75, 3.05) is 6.61 Å². The van der Waals surface area contributed by atoms with E-state index in [4.69, 9.17) is 27.9 Å². The van der Waals surface area contributed by atoms with E-state index in [9.17, 15) is 0 Å². The van der Waals surface area contributed by atoms with Gasteiger partial charge in [-0.15, -0.1) is 0 Å². The fourth-order valence-corrected chi connectivity index (χ4v) is 3.76. The number of aromatic nitrogens is 2. The highest BCUT2D eigenvalue weighted by Crippen LogP contribution is 2.42. The summed E-state index contributed by atoms with van der Waals surface area (Å²) in [6.07, 6.45) is 4.94. The summed E-state index contributed by atoms with van der Waals surface area (Å²) in [4.78, 5) is 9.00. The van der Waals surface area contributed by atoms with Crippen molar-refractivity contribution in [1.29, 1.82) is 0 Å². The molecule has 0 N–H and O–H groups in total. The summed E-state index contributed by atoms with van der Waals surface area (Å²) in [6, 6.07) is 0. The molecule has 2 rings (SSSR count). The lowest BCUT2D eigenvalue weighted by Gasteiger charge is -2.38. The largest absolute Gasteiger partial charge is 0.367 e. The molecule has 1 aromatic rings. The van der Waals surface area contributed by atoms with E-state index in [2.05, 4.69) is 16.9 Å². The van der Waals surface area contributed by atoms with Gasteiger partial charge in [-0.3, -0.25) is 0 Å². The Hall–Kier alpha value is -0.380. The Labute approximate surface area is 131 Å². The molecule has 2 unspecified atom stereocenters. The van der Waals surface area contributed by atoms with Crippen molar-refractivity contribution < 1.29 is 4.74 Å². The minimum atomic E-state index is -0.425. The molecular weight excluding hydrogens is 295 g/mol. The van der Waals surface area contributed by atoms with Crippen molar-refractivity contribution in [1.82, 2.24) is 9.97 Å². The van der Waals surface area contributed by atoms with Gasteiger partial charge in [0.15, 0.2) is 5.82 Å². The van der Waals surface area contributed by atoms with Crippen LogP contribution in [-0.4, -0.2) is 16.6 Å². The van der Waals surface area contributed by atoms with Crippen LogP contribution in [0.1, 0.15) is 57.8 Å². The molecule has 112 valence electrons. The lowest BCUT2D eigenvalue weighted by Crippen LogP contribution is -2.37. The molecular formula is C15H22Cl2N2O. The second kappa shape index (κ2) is 6.59. The SMILES string of the molecule is CCOC1(c2nc(Cl)c(CC)c(Cl)n2)CCCC(C)C1. The van der Waals surface area contributed by atoms with Gasteiger partial charge in [-0.1, -0.05) is 43.5 Å². The fraction of sp³-hybridized carbons (Fsp3) is 0.733. The predicted octanol–water partition coefficient (Wildman–Crippen LogP) is 4.79. The topological polar surface area (TPSA) is 35.0 Å². The summed E-state index contributed by atoms with van der Waals surface area (Å²) in [6.45, 7) is 6.89. The second-order valence-corrected chi connectivity index (χ2v) is 6.31. The molecule has 0 amide bonds. The number of hydrogen-bond acceptors (Lipinski definition) is 3. The van der Waals surface area contributed by atoms with Crippen LogP contribution in [0.4, 0.5) is 0 Å². The van der Waals surface area contributed by atoms with Crippen LogP contribution in [-0.2, 0) is 16.8 Å². The van der Waals surface area contributed by atoms with Crippen molar-refractivity contribution in [2.45, 2.75) is 58.5 Å². The Kier molecular flexibility index (Phi) is 5.27. The molecule has 0 saturated heterocycles. The van der Waals surface area contributed by atoms with Crippen molar-refractivity contribution in [2.24, 2.45) is 5.92 Å². The molecule has 20 heavy (non-hydrogen) atoms. The fourth-order valence-electron chi connectivity index (χ4n) is 3.10. The van der Waals surface area contributed by atoms with Crippen molar-refractivity contribution in [3.63, 3.8) is 0 Å². The molecule has 1 saturated carbocycles. The molecule has 1 aliphatic rings. The van der Waals surface area contributed by atoms with Crippen LogP contribution in [0.15, 0.2) is 0 Å². The molecule has 1 aromatic heterocycles. The van der Waals surface area contributed by atoms with Gasteiger partial charge in [0.05, 0.1) is 0 Å². The molecule has 0 spiro atoms. The number of ether oxygens (including phenoxy) is 1. The van der Waals surface area contributed by atoms with Gasteiger partial charge in [0.25, 0.3) is 0 Å². The van der Waals surface area contributed by atoms with Gasteiger partial charge in [-0.2, -0.15) is 0 Å². The summed E-state index contributed by atoms with van der Waals surface area (Å²) >= 11 is 12.5. The summed E-state index contributed by atoms with van der Waals surface area (Å²) < 4.78 is 6.07. The zero-order valence-electron chi connectivity index (χ0n) is 12.4. The molecule has 0 radical (unpaired) electrons. The van der Waals surface area contributed by atoms with E-state index in [1.165, 1.54) is 6.42 Å². The van der Waals surface area contributed by atoms with E-state index in [0.29, 0.717) is 28.7 Å². The normalized spacial score (nSPS) is 26.8. The van der Waals surface area contributed by atoms with E-state index >= 15 is 0 Å². The first kappa shape index (κ1) is 16.0. The first-order chi connectivity index (χ1) is 9.52. The van der Waals surface area contributed by atoms with Gasteiger partial charge >= 0.3 is 0 Å². The molecule has 3 nitrogen and oxygen atoms in total. The molecule has 0 aromatic carbocycles. The molecule has 5 heteroatoms. The lowest BCUT2D eigenvalue weighted by atomic mass is 9.78. The molecule has 1 aliphatic carbocycles. The van der Waals surface area contributed by atoms with Crippen LogP contribution in [0.5, 0.6) is 0 Å². The van der Waals surface area contributed by atoms with Crippen LogP contribution in [0.25, 0.3) is 0 Å². The highest BCUT2D eigenvalue weighted by molar-refractivity contribution is 6.34. The van der Waals surface area contributed by atoms with Crippen molar-refractivity contribution >= 4 is 23.2 Å². The third kappa shape index (κ3) is 3.10. The maximum atomic E-state index is 6.26. The van der Waals surface area contributed by atoms with E-state index < -0.39 is 5.60 Å². The van der Waals surface area contributed by atoms with Gasteiger partial charge in [0, 0.05) is 12.2 Å². The quantitative estimate of drug-likeness (QED) is 0.749. The van der Waals surface area contributed by atoms with E-state index in [-0.39, 0.29) is 0 Å². The highest BCUT2D eigenvalue weighted by atomic mass is 35.5. The van der Waals surface area contributed by atoms with Crippen LogP contribution < -0.4 is 0 Å². The number of hydrogen-bond donors (Lipinski definition) is 0. The molecule has 1 fully saturated rings. The van der Waals surface area contributed by atoms with Crippen molar-refractivity contribution in [3.05, 3.63) is 21.7 Å². The van der Waals surface area contributed by atoms with Crippen LogP contribution >= 0.6 is 23.2 Å². The average molecular weight is 317 g/mol. The third-order valence-electron chi connectivity index (χ3n) is 4.04. The molecule has 1 heterocycles. The highest BCUT2D eigenvalue weighted by Gasteiger charge is 2.40. The average Bonchev–Trinajstić information content (AvgIpc) is 2.38. The maximum absolute atomic E-state index is 6.26. The minimum absolute atomic E-state index is 0.425. The number of halogens is 2. The first-order valence-corrected chi connectivity index (χ1v) is 8.14. The number of rotatable bonds is 4. The monoisotopic (exact) mass is 316 g/mol. The molecule has 0 aliphatic heterocycles. The minimum Gasteiger partial charge on any atom is -0.367 e. The standard InChI is InChI=1S/C15H22Cl2N2O/c1-4-11-12(16)18-14(19-13(11)17)15(20-5-2)8-6-7-10(3)9-15/h10H,4-9H2,1-3H3. The Morgan fingerprint density at radius 3 is 2.40 bits per heavy atom.